The molecule has 64 valence electrons. The van der Waals surface area contributed by atoms with Gasteiger partial charge in [0.1, 0.15) is 0 Å². The van der Waals surface area contributed by atoms with Gasteiger partial charge in [0.05, 0.1) is 4.69 Å². The lowest BCUT2D eigenvalue weighted by molar-refractivity contribution is 0.585. The summed E-state index contributed by atoms with van der Waals surface area (Å²) in [6, 6.07) is 0. The van der Waals surface area contributed by atoms with Crippen LogP contribution >= 0.6 is 20.3 Å². The van der Waals surface area contributed by atoms with E-state index in [9.17, 15) is 0 Å². The van der Waals surface area contributed by atoms with E-state index in [4.69, 9.17) is 0 Å². The van der Waals surface area contributed by atoms with E-state index in [1.165, 1.54) is 5.56 Å². The highest BCUT2D eigenvalue weighted by atomic mass is 127. The monoisotopic (exact) mass is 290 g/mol. The maximum absolute atomic E-state index is 4.31. The van der Waals surface area contributed by atoms with Crippen LogP contribution in [0, 0.1) is 0 Å². The Balaban J connectivity index is 2.93. The summed E-state index contributed by atoms with van der Waals surface area (Å²) in [4.78, 5) is 8.61. The fourth-order valence-corrected chi connectivity index (χ4v) is 2.31. The molecule has 0 aromatic carbocycles. The normalized spacial score (nSPS) is 11.3. The van der Waals surface area contributed by atoms with Crippen molar-refractivity contribution in [2.24, 2.45) is 0 Å². The van der Waals surface area contributed by atoms with Crippen LogP contribution in [0.2, 0.25) is 0 Å². The zero-order valence-corrected chi connectivity index (χ0v) is 11.2. The summed E-state index contributed by atoms with van der Waals surface area (Å²) in [6.45, 7) is 6.52. The lowest BCUT2D eigenvalue weighted by Crippen LogP contribution is -2.21. The van der Waals surface area contributed by atoms with E-state index >= 15 is 0 Å². The van der Waals surface area contributed by atoms with Gasteiger partial charge < -0.3 is 0 Å². The molecule has 0 spiro atoms. The zero-order chi connectivity index (χ0) is 9.19. The standard InChI is InChI=1S/C8H11N2.Al.HI.H/c1-8(2,3)7-4-9-6-10-5-7;;;/h4-5H,1-3H3;;1H;/q;+1;;/p-1. The minimum atomic E-state index is -0.221. The van der Waals surface area contributed by atoms with Gasteiger partial charge in [-0.05, 0) is 11.0 Å². The molecule has 0 bridgehead atoms. The first-order chi connectivity index (χ1) is 5.54. The van der Waals surface area contributed by atoms with Crippen molar-refractivity contribution in [1.29, 1.82) is 0 Å². The molecule has 1 rings (SSSR count). The molecule has 0 radical (unpaired) electrons. The number of nitrogens with zero attached hydrogens (tertiary/aromatic N) is 2. The molecule has 2 nitrogen and oxygen atoms in total. The van der Waals surface area contributed by atoms with Crippen molar-refractivity contribution in [3.63, 3.8) is 0 Å². The molecule has 1 aromatic heterocycles. The summed E-state index contributed by atoms with van der Waals surface area (Å²) in [7, 11) is 0. The Kier molecular flexibility index (Phi) is 3.50. The molecule has 0 amide bonds. The van der Waals surface area contributed by atoms with Crippen LogP contribution in [0.4, 0.5) is 0 Å². The Labute approximate surface area is 90.6 Å². The molecule has 1 heterocycles. The Morgan fingerprint density at radius 3 is 2.08 bits per heavy atom. The predicted octanol–water partition coefficient (Wildman–Crippen LogP) is 1.19. The van der Waals surface area contributed by atoms with Crippen molar-refractivity contribution in [3.05, 3.63) is 18.0 Å². The van der Waals surface area contributed by atoms with Crippen molar-refractivity contribution >= 4 is 36.9 Å². The van der Waals surface area contributed by atoms with Gasteiger partial charge in [0.15, 0.2) is 0 Å². The predicted molar refractivity (Wildman–Crippen MR) is 61.5 cm³/mol. The second-order valence-corrected chi connectivity index (χ2v) is 6.96. The maximum Gasteiger partial charge on any atom is 0.435 e. The first-order valence-electron chi connectivity index (χ1n) is 3.91. The van der Waals surface area contributed by atoms with E-state index in [0.29, 0.717) is 0 Å². The zero-order valence-electron chi connectivity index (χ0n) is 7.63. The van der Waals surface area contributed by atoms with Gasteiger partial charge in [-0.1, -0.05) is 20.8 Å². The average molecular weight is 290 g/mol. The number of hydrogen-bond donors (Lipinski definition) is 0. The van der Waals surface area contributed by atoms with Gasteiger partial charge in [0.2, 0.25) is 0 Å². The summed E-state index contributed by atoms with van der Waals surface area (Å²) in [6.07, 6.45) is 3.90. The number of aromatic nitrogens is 2. The van der Waals surface area contributed by atoms with Gasteiger partial charge in [-0.3, -0.25) is 9.97 Å². The van der Waals surface area contributed by atoms with Crippen molar-refractivity contribution in [1.82, 2.24) is 9.97 Å². The van der Waals surface area contributed by atoms with E-state index in [2.05, 4.69) is 51.0 Å². The van der Waals surface area contributed by atoms with Crippen LogP contribution in [0.3, 0.4) is 0 Å². The van der Waals surface area contributed by atoms with Crippen LogP contribution in [-0.2, 0) is 5.41 Å². The first-order valence-corrected chi connectivity index (χ1v) is 9.73. The number of rotatable bonds is 1. The third-order valence-electron chi connectivity index (χ3n) is 1.69. The highest BCUT2D eigenvalue weighted by molar-refractivity contribution is 14.1. The summed E-state index contributed by atoms with van der Waals surface area (Å²) >= 11 is 2.18. The second kappa shape index (κ2) is 4.03. The third kappa shape index (κ3) is 2.68. The summed E-state index contributed by atoms with van der Waals surface area (Å²) in [5, 5.41) is 0. The Bertz CT molecular complexity index is 253. The van der Waals surface area contributed by atoms with Crippen molar-refractivity contribution in [2.75, 3.05) is 0 Å². The molecule has 0 unspecified atom stereocenters. The Morgan fingerprint density at radius 2 is 1.75 bits per heavy atom. The minimum Gasteiger partial charge on any atom is -0.260 e. The van der Waals surface area contributed by atoms with Gasteiger partial charge in [-0.25, -0.2) is 20.3 Å². The smallest absolute Gasteiger partial charge is 0.260 e. The van der Waals surface area contributed by atoms with Gasteiger partial charge in [0, 0.05) is 12.4 Å². The molecule has 4 heteroatoms. The molecule has 0 aliphatic heterocycles. The van der Waals surface area contributed by atoms with Crippen LogP contribution in [0.1, 0.15) is 26.3 Å². The van der Waals surface area contributed by atoms with E-state index in [1.54, 1.807) is 0 Å². The fourth-order valence-electron chi connectivity index (χ4n) is 0.811. The van der Waals surface area contributed by atoms with Gasteiger partial charge >= 0.3 is 11.9 Å². The molecule has 0 atom stereocenters. The maximum atomic E-state index is 4.31. The van der Waals surface area contributed by atoms with E-state index in [1.807, 2.05) is 12.4 Å². The minimum absolute atomic E-state index is 0.172. The summed E-state index contributed by atoms with van der Waals surface area (Å²) < 4.78 is 1.05. The van der Waals surface area contributed by atoms with Crippen LogP contribution in [0.5, 0.6) is 0 Å². The van der Waals surface area contributed by atoms with E-state index in [-0.39, 0.29) is 17.4 Å². The van der Waals surface area contributed by atoms with Gasteiger partial charge in [0.25, 0.3) is 0 Å². The lowest BCUT2D eigenvalue weighted by atomic mass is 9.89. The van der Waals surface area contributed by atoms with Crippen molar-refractivity contribution in [3.8, 4) is 0 Å². The molecule has 1 aromatic rings. The van der Waals surface area contributed by atoms with Crippen LogP contribution in [0.25, 0.3) is 0 Å². The molecule has 0 saturated carbocycles. The Morgan fingerprint density at radius 1 is 1.25 bits per heavy atom. The van der Waals surface area contributed by atoms with Crippen LogP contribution in [-0.4, -0.2) is 21.9 Å². The van der Waals surface area contributed by atoms with E-state index < -0.39 is 0 Å². The van der Waals surface area contributed by atoms with Crippen molar-refractivity contribution in [2.45, 2.75) is 26.2 Å². The topological polar surface area (TPSA) is 25.8 Å². The van der Waals surface area contributed by atoms with Crippen LogP contribution < -0.4 is 4.69 Å². The molecule has 0 N–H and O–H groups in total. The molecule has 0 fully saturated rings. The largest absolute Gasteiger partial charge is 0.435 e. The fraction of sp³-hybridized carbons (Fsp3) is 0.500. The molecule has 0 aliphatic carbocycles. The van der Waals surface area contributed by atoms with Gasteiger partial charge in [-0.2, -0.15) is 0 Å². The van der Waals surface area contributed by atoms with Gasteiger partial charge in [-0.15, -0.1) is 0 Å². The average Bonchev–Trinajstić information content (AvgIpc) is 2.03. The SMILES string of the molecule is CC(C)(C)c1cn[c]([AlH][I])nc1. The highest BCUT2D eigenvalue weighted by Crippen LogP contribution is 2.18. The summed E-state index contributed by atoms with van der Waals surface area (Å²) in [5.41, 5.74) is 1.39. The Hall–Kier alpha value is 0.342. The first kappa shape index (κ1) is 10.4. The van der Waals surface area contributed by atoms with Crippen molar-refractivity contribution < 1.29 is 0 Å². The molecule has 0 aliphatic rings. The quantitative estimate of drug-likeness (QED) is 0.573. The van der Waals surface area contributed by atoms with Crippen LogP contribution in [0.15, 0.2) is 12.4 Å². The third-order valence-corrected chi connectivity index (χ3v) is 4.34. The number of hydrogen-bond acceptors (Lipinski definition) is 2. The lowest BCUT2D eigenvalue weighted by Gasteiger charge is -2.17. The summed E-state index contributed by atoms with van der Waals surface area (Å²) in [5.74, 6) is 0. The number of halogens is 1. The molecule has 0 saturated heterocycles. The molecular formula is C8H12AlIN2. The van der Waals surface area contributed by atoms with E-state index in [0.717, 1.165) is 4.69 Å². The molecule has 12 heavy (non-hydrogen) atoms. The highest BCUT2D eigenvalue weighted by Gasteiger charge is 2.14. The second-order valence-electron chi connectivity index (χ2n) is 3.77. The molecular weight excluding hydrogens is 278 g/mol.